The molecule has 0 aromatic carbocycles. The maximum absolute atomic E-state index is 4.40. The maximum atomic E-state index is 4.40. The molecule has 0 atom stereocenters. The van der Waals surface area contributed by atoms with Crippen LogP contribution in [0.15, 0.2) is 18.3 Å². The lowest BCUT2D eigenvalue weighted by Gasteiger charge is -2.17. The third-order valence-electron chi connectivity index (χ3n) is 2.89. The second-order valence-corrected chi connectivity index (χ2v) is 5.25. The van der Waals surface area contributed by atoms with Crippen molar-refractivity contribution in [3.63, 3.8) is 0 Å². The van der Waals surface area contributed by atoms with E-state index in [-0.39, 0.29) is 0 Å². The molecule has 1 rings (SSSR count). The topological polar surface area (TPSA) is 28.2 Å². The molecule has 0 amide bonds. The van der Waals surface area contributed by atoms with Crippen LogP contribution in [0.4, 0.5) is 5.69 Å². The molecular weight excluding hydrogens is 242 g/mol. The van der Waals surface area contributed by atoms with Crippen molar-refractivity contribution in [1.29, 1.82) is 0 Å². The fourth-order valence-electron chi connectivity index (χ4n) is 1.78. The second kappa shape index (κ2) is 9.22. The normalized spacial score (nSPS) is 10.9. The Morgan fingerprint density at radius 2 is 2.06 bits per heavy atom. The SMILES string of the molecule is CCNc1ccnc(CSCCN(CC)CC)c1. The minimum Gasteiger partial charge on any atom is -0.385 e. The van der Waals surface area contributed by atoms with Crippen LogP contribution in [0.1, 0.15) is 26.5 Å². The number of rotatable bonds is 9. The van der Waals surface area contributed by atoms with Crippen molar-refractivity contribution in [1.82, 2.24) is 9.88 Å². The number of pyridine rings is 1. The minimum atomic E-state index is 0.957. The van der Waals surface area contributed by atoms with Crippen molar-refractivity contribution >= 4 is 17.4 Å². The Morgan fingerprint density at radius 1 is 1.28 bits per heavy atom. The zero-order valence-corrected chi connectivity index (χ0v) is 12.6. The van der Waals surface area contributed by atoms with Crippen molar-refractivity contribution < 1.29 is 0 Å². The van der Waals surface area contributed by atoms with Gasteiger partial charge in [-0.1, -0.05) is 13.8 Å². The molecule has 0 fully saturated rings. The predicted octanol–water partition coefficient (Wildman–Crippen LogP) is 3.09. The number of nitrogens with one attached hydrogen (secondary N) is 1. The van der Waals surface area contributed by atoms with E-state index < -0.39 is 0 Å². The molecule has 0 spiro atoms. The van der Waals surface area contributed by atoms with Gasteiger partial charge < -0.3 is 10.2 Å². The van der Waals surface area contributed by atoms with E-state index in [2.05, 4.69) is 42.0 Å². The molecule has 0 aliphatic carbocycles. The number of thioether (sulfide) groups is 1. The predicted molar refractivity (Wildman–Crippen MR) is 82.4 cm³/mol. The highest BCUT2D eigenvalue weighted by Gasteiger charge is 2.00. The van der Waals surface area contributed by atoms with Gasteiger partial charge in [0.05, 0.1) is 5.69 Å². The van der Waals surface area contributed by atoms with E-state index in [9.17, 15) is 0 Å². The summed E-state index contributed by atoms with van der Waals surface area (Å²) in [6.45, 7) is 11.0. The van der Waals surface area contributed by atoms with Gasteiger partial charge in [0.25, 0.3) is 0 Å². The van der Waals surface area contributed by atoms with Gasteiger partial charge in [0.15, 0.2) is 0 Å². The largest absolute Gasteiger partial charge is 0.385 e. The summed E-state index contributed by atoms with van der Waals surface area (Å²) in [5.74, 6) is 2.18. The van der Waals surface area contributed by atoms with Crippen LogP contribution in [-0.4, -0.2) is 41.8 Å². The molecule has 0 saturated carbocycles. The van der Waals surface area contributed by atoms with Crippen molar-refractivity contribution in [3.05, 3.63) is 24.0 Å². The first-order valence-electron chi connectivity index (χ1n) is 6.79. The molecule has 102 valence electrons. The summed E-state index contributed by atoms with van der Waals surface area (Å²) < 4.78 is 0. The molecule has 1 heterocycles. The van der Waals surface area contributed by atoms with Gasteiger partial charge in [-0.05, 0) is 32.1 Å². The molecule has 0 radical (unpaired) electrons. The summed E-state index contributed by atoms with van der Waals surface area (Å²) >= 11 is 1.96. The van der Waals surface area contributed by atoms with Crippen LogP contribution in [0.2, 0.25) is 0 Å². The lowest BCUT2D eigenvalue weighted by molar-refractivity contribution is 0.324. The Bertz CT molecular complexity index is 327. The summed E-state index contributed by atoms with van der Waals surface area (Å²) in [7, 11) is 0. The molecule has 0 unspecified atom stereocenters. The average molecular weight is 267 g/mol. The van der Waals surface area contributed by atoms with E-state index in [4.69, 9.17) is 0 Å². The Kier molecular flexibility index (Phi) is 7.85. The number of aromatic nitrogens is 1. The lowest BCUT2D eigenvalue weighted by atomic mass is 10.3. The molecule has 4 heteroatoms. The first kappa shape index (κ1) is 15.3. The molecule has 0 aliphatic heterocycles. The number of anilines is 1. The van der Waals surface area contributed by atoms with Crippen LogP contribution in [-0.2, 0) is 5.75 Å². The van der Waals surface area contributed by atoms with Gasteiger partial charge in [-0.25, -0.2) is 0 Å². The fraction of sp³-hybridized carbons (Fsp3) is 0.643. The summed E-state index contributed by atoms with van der Waals surface area (Å²) in [6.07, 6.45) is 1.89. The Hall–Kier alpha value is -0.740. The zero-order chi connectivity index (χ0) is 13.2. The standard InChI is InChI=1S/C14H25N3S/c1-4-15-13-7-8-16-14(11-13)12-18-10-9-17(5-2)6-3/h7-8,11H,4-6,9-10,12H2,1-3H3,(H,15,16). The minimum absolute atomic E-state index is 0.957. The highest BCUT2D eigenvalue weighted by Crippen LogP contribution is 2.14. The van der Waals surface area contributed by atoms with Gasteiger partial charge in [0.2, 0.25) is 0 Å². The van der Waals surface area contributed by atoms with Gasteiger partial charge in [-0.2, -0.15) is 11.8 Å². The van der Waals surface area contributed by atoms with E-state index in [0.29, 0.717) is 0 Å². The molecule has 3 nitrogen and oxygen atoms in total. The van der Waals surface area contributed by atoms with E-state index in [1.165, 1.54) is 18.0 Å². The monoisotopic (exact) mass is 267 g/mol. The highest BCUT2D eigenvalue weighted by atomic mass is 32.2. The molecule has 1 N–H and O–H groups in total. The Labute approximate surface area is 115 Å². The van der Waals surface area contributed by atoms with Crippen molar-refractivity contribution in [3.8, 4) is 0 Å². The summed E-state index contributed by atoms with van der Waals surface area (Å²) in [5, 5.41) is 3.32. The van der Waals surface area contributed by atoms with Gasteiger partial charge in [-0.15, -0.1) is 0 Å². The van der Waals surface area contributed by atoms with Crippen LogP contribution in [0.25, 0.3) is 0 Å². The number of hydrogen-bond acceptors (Lipinski definition) is 4. The summed E-state index contributed by atoms with van der Waals surface area (Å²) in [5.41, 5.74) is 2.34. The number of nitrogens with zero attached hydrogens (tertiary/aromatic N) is 2. The summed E-state index contributed by atoms with van der Waals surface area (Å²) in [6, 6.07) is 4.17. The molecule has 0 aliphatic rings. The van der Waals surface area contributed by atoms with E-state index >= 15 is 0 Å². The first-order valence-corrected chi connectivity index (χ1v) is 7.94. The van der Waals surface area contributed by atoms with Crippen molar-refractivity contribution in [2.45, 2.75) is 26.5 Å². The fourth-order valence-corrected chi connectivity index (χ4v) is 2.68. The van der Waals surface area contributed by atoms with Crippen molar-refractivity contribution in [2.24, 2.45) is 0 Å². The maximum Gasteiger partial charge on any atom is 0.0523 e. The molecular formula is C14H25N3S. The molecule has 0 bridgehead atoms. The van der Waals surface area contributed by atoms with E-state index in [1.54, 1.807) is 0 Å². The first-order chi connectivity index (χ1) is 8.80. The molecule has 1 aromatic heterocycles. The van der Waals surface area contributed by atoms with Crippen LogP contribution >= 0.6 is 11.8 Å². The van der Waals surface area contributed by atoms with Gasteiger partial charge in [0.1, 0.15) is 0 Å². The average Bonchev–Trinajstić information content (AvgIpc) is 2.40. The highest BCUT2D eigenvalue weighted by molar-refractivity contribution is 7.98. The zero-order valence-electron chi connectivity index (χ0n) is 11.8. The second-order valence-electron chi connectivity index (χ2n) is 4.15. The van der Waals surface area contributed by atoms with Gasteiger partial charge in [0, 0.05) is 36.5 Å². The lowest BCUT2D eigenvalue weighted by Crippen LogP contribution is -2.25. The van der Waals surface area contributed by atoms with Crippen LogP contribution in [0.3, 0.4) is 0 Å². The smallest absolute Gasteiger partial charge is 0.0523 e. The Balaban J connectivity index is 2.28. The summed E-state index contributed by atoms with van der Waals surface area (Å²) in [4.78, 5) is 6.86. The van der Waals surface area contributed by atoms with E-state index in [0.717, 1.165) is 31.1 Å². The van der Waals surface area contributed by atoms with E-state index in [1.807, 2.05) is 24.0 Å². The van der Waals surface area contributed by atoms with Gasteiger partial charge >= 0.3 is 0 Å². The van der Waals surface area contributed by atoms with Gasteiger partial charge in [-0.3, -0.25) is 4.98 Å². The van der Waals surface area contributed by atoms with Crippen LogP contribution in [0, 0.1) is 0 Å². The van der Waals surface area contributed by atoms with Crippen molar-refractivity contribution in [2.75, 3.05) is 37.2 Å². The molecule has 0 saturated heterocycles. The Morgan fingerprint density at radius 3 is 2.72 bits per heavy atom. The van der Waals surface area contributed by atoms with Crippen LogP contribution < -0.4 is 5.32 Å². The quantitative estimate of drug-likeness (QED) is 0.696. The molecule has 1 aromatic rings. The third-order valence-corrected chi connectivity index (χ3v) is 3.86. The number of hydrogen-bond donors (Lipinski definition) is 1. The molecule has 18 heavy (non-hydrogen) atoms. The third kappa shape index (κ3) is 5.74. The van der Waals surface area contributed by atoms with Crippen LogP contribution in [0.5, 0.6) is 0 Å².